The summed E-state index contributed by atoms with van der Waals surface area (Å²) in [6.07, 6.45) is 1.42. The summed E-state index contributed by atoms with van der Waals surface area (Å²) in [5.41, 5.74) is 1.57. The molecule has 0 aliphatic rings. The fourth-order valence-electron chi connectivity index (χ4n) is 2.83. The van der Waals surface area contributed by atoms with E-state index in [0.717, 1.165) is 0 Å². The number of nitrogens with zero attached hydrogens (tertiary/aromatic N) is 1. The molecular formula is C24H18BrN3O5. The quantitative estimate of drug-likeness (QED) is 0.202. The average molecular weight is 508 g/mol. The molecule has 3 aromatic carbocycles. The molecule has 3 rings (SSSR count). The first kappa shape index (κ1) is 23.6. The number of hydrogen-bond donors (Lipinski definition) is 2. The summed E-state index contributed by atoms with van der Waals surface area (Å²) >= 11 is 3.31. The van der Waals surface area contributed by atoms with E-state index in [0.29, 0.717) is 26.9 Å². The fraction of sp³-hybridized carbons (Fsp3) is 0.0417. The van der Waals surface area contributed by atoms with Crippen molar-refractivity contribution in [2.45, 2.75) is 6.92 Å². The maximum atomic E-state index is 13.0. The predicted octanol–water partition coefficient (Wildman–Crippen LogP) is 4.97. The SMILES string of the molecule is CC(=O)c1ccc(NC(=O)/C(=C\c2ccc([N+](=O)[O-])cc2)NC(=O)c2cccc(Br)c2)cc1. The van der Waals surface area contributed by atoms with Crippen LogP contribution in [0.2, 0.25) is 0 Å². The minimum absolute atomic E-state index is 0.0653. The van der Waals surface area contributed by atoms with E-state index >= 15 is 0 Å². The van der Waals surface area contributed by atoms with Crippen molar-refractivity contribution in [2.75, 3.05) is 5.32 Å². The lowest BCUT2D eigenvalue weighted by Gasteiger charge is -2.12. The lowest BCUT2D eigenvalue weighted by molar-refractivity contribution is -0.384. The molecule has 166 valence electrons. The third kappa shape index (κ3) is 6.44. The zero-order chi connectivity index (χ0) is 24.0. The summed E-state index contributed by atoms with van der Waals surface area (Å²) in [7, 11) is 0. The van der Waals surface area contributed by atoms with Gasteiger partial charge in [0.2, 0.25) is 0 Å². The molecule has 8 nitrogen and oxygen atoms in total. The van der Waals surface area contributed by atoms with E-state index in [1.807, 2.05) is 0 Å². The number of Topliss-reactive ketones (excluding diaryl/α,β-unsaturated/α-hetero) is 1. The van der Waals surface area contributed by atoms with E-state index in [9.17, 15) is 24.5 Å². The van der Waals surface area contributed by atoms with Gasteiger partial charge in [0, 0.05) is 33.4 Å². The van der Waals surface area contributed by atoms with E-state index in [4.69, 9.17) is 0 Å². The van der Waals surface area contributed by atoms with Crippen LogP contribution in [0, 0.1) is 10.1 Å². The van der Waals surface area contributed by atoms with Crippen molar-refractivity contribution in [3.8, 4) is 0 Å². The normalized spacial score (nSPS) is 10.9. The Morgan fingerprint density at radius 2 is 1.61 bits per heavy atom. The number of rotatable bonds is 7. The third-order valence-corrected chi connectivity index (χ3v) is 5.04. The molecule has 0 spiro atoms. The van der Waals surface area contributed by atoms with Crippen LogP contribution in [0.1, 0.15) is 33.2 Å². The van der Waals surface area contributed by atoms with Crippen molar-refractivity contribution in [2.24, 2.45) is 0 Å². The molecule has 0 aliphatic carbocycles. The second-order valence-corrected chi connectivity index (χ2v) is 7.87. The van der Waals surface area contributed by atoms with Gasteiger partial charge >= 0.3 is 0 Å². The Morgan fingerprint density at radius 3 is 2.18 bits per heavy atom. The summed E-state index contributed by atoms with van der Waals surface area (Å²) in [5.74, 6) is -1.22. The van der Waals surface area contributed by atoms with E-state index in [1.165, 1.54) is 37.3 Å². The van der Waals surface area contributed by atoms with Crippen LogP contribution < -0.4 is 10.6 Å². The number of nitro benzene ring substituents is 1. The number of carbonyl (C=O) groups is 3. The first-order valence-corrected chi connectivity index (χ1v) is 10.5. The molecule has 0 bridgehead atoms. The van der Waals surface area contributed by atoms with Crippen LogP contribution in [-0.2, 0) is 4.79 Å². The van der Waals surface area contributed by atoms with E-state index in [1.54, 1.807) is 48.5 Å². The van der Waals surface area contributed by atoms with E-state index in [2.05, 4.69) is 26.6 Å². The third-order valence-electron chi connectivity index (χ3n) is 4.54. The summed E-state index contributed by atoms with van der Waals surface area (Å²) < 4.78 is 0.700. The number of benzene rings is 3. The zero-order valence-electron chi connectivity index (χ0n) is 17.4. The topological polar surface area (TPSA) is 118 Å². The van der Waals surface area contributed by atoms with E-state index < -0.39 is 16.7 Å². The van der Waals surface area contributed by atoms with Crippen molar-refractivity contribution in [1.29, 1.82) is 0 Å². The highest BCUT2D eigenvalue weighted by Gasteiger charge is 2.16. The lowest BCUT2D eigenvalue weighted by Crippen LogP contribution is -2.30. The number of halogens is 1. The number of non-ortho nitro benzene ring substituents is 1. The van der Waals surface area contributed by atoms with Crippen LogP contribution in [0.5, 0.6) is 0 Å². The molecule has 2 N–H and O–H groups in total. The molecule has 0 aliphatic heterocycles. The number of carbonyl (C=O) groups excluding carboxylic acids is 3. The van der Waals surface area contributed by atoms with Crippen LogP contribution in [-0.4, -0.2) is 22.5 Å². The molecule has 0 radical (unpaired) electrons. The highest BCUT2D eigenvalue weighted by Crippen LogP contribution is 2.17. The predicted molar refractivity (Wildman–Crippen MR) is 128 cm³/mol. The van der Waals surface area contributed by atoms with Gasteiger partial charge < -0.3 is 10.6 Å². The number of ketones is 1. The summed E-state index contributed by atoms with van der Waals surface area (Å²) in [4.78, 5) is 47.5. The van der Waals surface area contributed by atoms with Crippen molar-refractivity contribution < 1.29 is 19.3 Å². The van der Waals surface area contributed by atoms with Crippen LogP contribution >= 0.6 is 15.9 Å². The van der Waals surface area contributed by atoms with E-state index in [-0.39, 0.29) is 17.2 Å². The first-order chi connectivity index (χ1) is 15.7. The maximum absolute atomic E-state index is 13.0. The van der Waals surface area contributed by atoms with Gasteiger partial charge in [-0.1, -0.05) is 22.0 Å². The summed E-state index contributed by atoms with van der Waals surface area (Å²) in [6.45, 7) is 1.44. The summed E-state index contributed by atoms with van der Waals surface area (Å²) in [5, 5.41) is 16.2. The molecular weight excluding hydrogens is 490 g/mol. The highest BCUT2D eigenvalue weighted by atomic mass is 79.9. The minimum Gasteiger partial charge on any atom is -0.321 e. The largest absolute Gasteiger partial charge is 0.321 e. The number of anilines is 1. The second-order valence-electron chi connectivity index (χ2n) is 6.96. The van der Waals surface area contributed by atoms with Gasteiger partial charge in [-0.15, -0.1) is 0 Å². The van der Waals surface area contributed by atoms with Gasteiger partial charge in [-0.3, -0.25) is 24.5 Å². The Labute approximate surface area is 197 Å². The molecule has 0 saturated carbocycles. The second kappa shape index (κ2) is 10.5. The van der Waals surface area contributed by atoms with Crippen LogP contribution in [0.25, 0.3) is 6.08 Å². The van der Waals surface area contributed by atoms with Crippen molar-refractivity contribution >= 4 is 51.0 Å². The molecule has 2 amide bonds. The number of hydrogen-bond acceptors (Lipinski definition) is 5. The number of amides is 2. The molecule has 0 heterocycles. The van der Waals surface area contributed by atoms with Crippen LogP contribution in [0.4, 0.5) is 11.4 Å². The summed E-state index contributed by atoms with van der Waals surface area (Å²) in [6, 6.07) is 18.5. The molecule has 0 unspecified atom stereocenters. The average Bonchev–Trinajstić information content (AvgIpc) is 2.79. The standard InChI is InChI=1S/C24H18BrN3O5/c1-15(29)17-7-9-20(10-8-17)26-24(31)22(13-16-5-11-21(12-6-16)28(32)33)27-23(30)18-3-2-4-19(25)14-18/h2-14H,1H3,(H,26,31)(H,27,30)/b22-13+. The molecule has 0 atom stereocenters. The van der Waals surface area contributed by atoms with Gasteiger partial charge in [0.1, 0.15) is 5.70 Å². The first-order valence-electron chi connectivity index (χ1n) is 9.68. The number of nitro groups is 1. The minimum atomic E-state index is -0.604. The van der Waals surface area contributed by atoms with Crippen molar-refractivity contribution in [3.63, 3.8) is 0 Å². The fourth-order valence-corrected chi connectivity index (χ4v) is 3.23. The van der Waals surface area contributed by atoms with Crippen molar-refractivity contribution in [1.82, 2.24) is 5.32 Å². The van der Waals surface area contributed by atoms with Gasteiger partial charge in [-0.2, -0.15) is 0 Å². The Hall–Kier alpha value is -4.11. The molecule has 33 heavy (non-hydrogen) atoms. The monoisotopic (exact) mass is 507 g/mol. The van der Waals surface area contributed by atoms with Gasteiger partial charge in [0.25, 0.3) is 17.5 Å². The zero-order valence-corrected chi connectivity index (χ0v) is 19.0. The Morgan fingerprint density at radius 1 is 0.939 bits per heavy atom. The molecule has 0 fully saturated rings. The van der Waals surface area contributed by atoms with Crippen LogP contribution in [0.15, 0.2) is 83.0 Å². The van der Waals surface area contributed by atoms with Gasteiger partial charge in [0.15, 0.2) is 5.78 Å². The Bertz CT molecular complexity index is 1250. The Balaban J connectivity index is 1.89. The highest BCUT2D eigenvalue weighted by molar-refractivity contribution is 9.10. The van der Waals surface area contributed by atoms with Gasteiger partial charge in [-0.05, 0) is 73.2 Å². The van der Waals surface area contributed by atoms with Crippen LogP contribution in [0.3, 0.4) is 0 Å². The molecule has 0 saturated heterocycles. The molecule has 9 heteroatoms. The molecule has 3 aromatic rings. The van der Waals surface area contributed by atoms with Crippen molar-refractivity contribution in [3.05, 3.63) is 110 Å². The maximum Gasteiger partial charge on any atom is 0.272 e. The Kier molecular flexibility index (Phi) is 7.47. The van der Waals surface area contributed by atoms with Gasteiger partial charge in [-0.25, -0.2) is 0 Å². The van der Waals surface area contributed by atoms with Gasteiger partial charge in [0.05, 0.1) is 4.92 Å². The smallest absolute Gasteiger partial charge is 0.272 e. The lowest BCUT2D eigenvalue weighted by atomic mass is 10.1. The number of nitrogens with one attached hydrogen (secondary N) is 2. The molecule has 0 aromatic heterocycles.